The Morgan fingerprint density at radius 1 is 1.05 bits per heavy atom. The largest absolute Gasteiger partial charge is 0.375 e. The van der Waals surface area contributed by atoms with Crippen LogP contribution in [0.3, 0.4) is 0 Å². The second kappa shape index (κ2) is 6.60. The molecule has 0 bridgehead atoms. The van der Waals surface area contributed by atoms with E-state index in [9.17, 15) is 4.39 Å². The molecule has 5 heteroatoms. The lowest BCUT2D eigenvalue weighted by Crippen LogP contribution is -2.13. The van der Waals surface area contributed by atoms with Crippen LogP contribution in [0.1, 0.15) is 15.8 Å². The third-order valence-electron chi connectivity index (χ3n) is 3.15. The van der Waals surface area contributed by atoms with Gasteiger partial charge in [-0.25, -0.2) is 4.39 Å². The third-order valence-corrected chi connectivity index (χ3v) is 5.33. The maximum absolute atomic E-state index is 14.1. The van der Waals surface area contributed by atoms with Crippen molar-refractivity contribution in [3.05, 3.63) is 73.8 Å². The molecule has 21 heavy (non-hydrogen) atoms. The summed E-state index contributed by atoms with van der Waals surface area (Å²) in [6, 6.07) is 13.3. The van der Waals surface area contributed by atoms with Crippen LogP contribution in [0.5, 0.6) is 0 Å². The fourth-order valence-electron chi connectivity index (χ4n) is 2.15. The molecule has 0 saturated carbocycles. The van der Waals surface area contributed by atoms with E-state index in [-0.39, 0.29) is 11.1 Å². The molecule has 2 aromatic heterocycles. The van der Waals surface area contributed by atoms with Gasteiger partial charge in [0, 0.05) is 16.2 Å². The van der Waals surface area contributed by atoms with Crippen LogP contribution in [-0.4, -0.2) is 0 Å². The average molecular weight is 338 g/mol. The molecule has 0 aliphatic carbocycles. The van der Waals surface area contributed by atoms with Gasteiger partial charge in [-0.15, -0.1) is 22.7 Å². The van der Waals surface area contributed by atoms with Crippen LogP contribution in [0.2, 0.25) is 5.02 Å². The standard InChI is InChI=1S/C16H13ClFNS2/c17-12-5-1-6-13(16(12)18)19-14(15-7-3-9-21-15)10-11-4-2-8-20-11/h1-9,14,19H,10H2. The van der Waals surface area contributed by atoms with Gasteiger partial charge in [0.15, 0.2) is 5.82 Å². The first-order valence-electron chi connectivity index (χ1n) is 6.50. The van der Waals surface area contributed by atoms with Crippen molar-refractivity contribution >= 4 is 40.0 Å². The summed E-state index contributed by atoms with van der Waals surface area (Å²) in [5.74, 6) is -0.396. The van der Waals surface area contributed by atoms with Crippen molar-refractivity contribution in [2.24, 2.45) is 0 Å². The molecule has 1 unspecified atom stereocenters. The SMILES string of the molecule is Fc1c(Cl)cccc1NC(Cc1cccs1)c1cccs1. The minimum Gasteiger partial charge on any atom is -0.375 e. The van der Waals surface area contributed by atoms with Crippen molar-refractivity contribution < 1.29 is 4.39 Å². The summed E-state index contributed by atoms with van der Waals surface area (Å²) >= 11 is 9.23. The van der Waals surface area contributed by atoms with E-state index in [0.717, 1.165) is 6.42 Å². The zero-order valence-electron chi connectivity index (χ0n) is 11.1. The van der Waals surface area contributed by atoms with Gasteiger partial charge in [0.25, 0.3) is 0 Å². The van der Waals surface area contributed by atoms with Crippen LogP contribution in [0, 0.1) is 5.82 Å². The number of nitrogens with one attached hydrogen (secondary N) is 1. The Bertz CT molecular complexity index is 695. The normalized spacial score (nSPS) is 12.3. The van der Waals surface area contributed by atoms with Crippen LogP contribution < -0.4 is 5.32 Å². The first kappa shape index (κ1) is 14.6. The Morgan fingerprint density at radius 3 is 2.57 bits per heavy atom. The molecule has 0 radical (unpaired) electrons. The second-order valence-electron chi connectivity index (χ2n) is 4.60. The summed E-state index contributed by atoms with van der Waals surface area (Å²) in [6.07, 6.45) is 0.824. The van der Waals surface area contributed by atoms with Gasteiger partial charge in [-0.2, -0.15) is 0 Å². The molecule has 0 spiro atoms. The highest BCUT2D eigenvalue weighted by Gasteiger charge is 2.16. The van der Waals surface area contributed by atoms with Gasteiger partial charge < -0.3 is 5.32 Å². The third kappa shape index (κ3) is 3.46. The predicted octanol–water partition coefficient (Wildman–Crippen LogP) is 6.00. The fourth-order valence-corrected chi connectivity index (χ4v) is 3.85. The van der Waals surface area contributed by atoms with Crippen molar-refractivity contribution in [3.63, 3.8) is 0 Å². The molecule has 0 aliphatic heterocycles. The van der Waals surface area contributed by atoms with Gasteiger partial charge in [0.1, 0.15) is 0 Å². The quantitative estimate of drug-likeness (QED) is 0.602. The summed E-state index contributed by atoms with van der Waals surface area (Å²) in [4.78, 5) is 2.45. The highest BCUT2D eigenvalue weighted by atomic mass is 35.5. The van der Waals surface area contributed by atoms with E-state index < -0.39 is 5.82 Å². The van der Waals surface area contributed by atoms with E-state index in [1.54, 1.807) is 40.9 Å². The van der Waals surface area contributed by atoms with Crippen molar-refractivity contribution in [3.8, 4) is 0 Å². The molecule has 3 rings (SSSR count). The topological polar surface area (TPSA) is 12.0 Å². The maximum atomic E-state index is 14.1. The molecule has 3 aromatic rings. The summed E-state index contributed by atoms with van der Waals surface area (Å²) in [5, 5.41) is 7.52. The molecule has 2 heterocycles. The lowest BCUT2D eigenvalue weighted by atomic mass is 10.1. The Morgan fingerprint density at radius 2 is 1.86 bits per heavy atom. The number of rotatable bonds is 5. The van der Waals surface area contributed by atoms with E-state index in [1.807, 2.05) is 17.5 Å². The van der Waals surface area contributed by atoms with Gasteiger partial charge in [-0.1, -0.05) is 29.8 Å². The molecule has 1 nitrogen and oxygen atoms in total. The molecule has 0 saturated heterocycles. The Balaban J connectivity index is 1.87. The van der Waals surface area contributed by atoms with E-state index in [4.69, 9.17) is 11.6 Å². The highest BCUT2D eigenvalue weighted by molar-refractivity contribution is 7.10. The number of halogens is 2. The summed E-state index contributed by atoms with van der Waals surface area (Å²) in [7, 11) is 0. The lowest BCUT2D eigenvalue weighted by molar-refractivity contribution is 0.626. The molecule has 0 fully saturated rings. The monoisotopic (exact) mass is 337 g/mol. The molecular weight excluding hydrogens is 325 g/mol. The molecule has 108 valence electrons. The van der Waals surface area contributed by atoms with E-state index in [1.165, 1.54) is 9.75 Å². The van der Waals surface area contributed by atoms with Crippen LogP contribution in [0.15, 0.2) is 53.2 Å². The van der Waals surface area contributed by atoms with Gasteiger partial charge in [-0.05, 0) is 35.0 Å². The number of anilines is 1. The summed E-state index contributed by atoms with van der Waals surface area (Å²) in [5.41, 5.74) is 0.442. The molecular formula is C16H13ClFNS2. The zero-order valence-corrected chi connectivity index (χ0v) is 13.4. The first-order chi connectivity index (χ1) is 10.2. The van der Waals surface area contributed by atoms with Crippen molar-refractivity contribution in [2.45, 2.75) is 12.5 Å². The highest BCUT2D eigenvalue weighted by Crippen LogP contribution is 2.31. The molecule has 1 N–H and O–H groups in total. The number of benzene rings is 1. The zero-order chi connectivity index (χ0) is 14.7. The molecule has 0 aliphatic rings. The number of thiophene rings is 2. The molecule has 1 atom stereocenters. The first-order valence-corrected chi connectivity index (χ1v) is 8.64. The predicted molar refractivity (Wildman–Crippen MR) is 90.1 cm³/mol. The van der Waals surface area contributed by atoms with Crippen LogP contribution in [0.25, 0.3) is 0 Å². The van der Waals surface area contributed by atoms with Crippen LogP contribution >= 0.6 is 34.3 Å². The van der Waals surface area contributed by atoms with Crippen molar-refractivity contribution in [1.29, 1.82) is 0 Å². The fraction of sp³-hybridized carbons (Fsp3) is 0.125. The lowest BCUT2D eigenvalue weighted by Gasteiger charge is -2.19. The van der Waals surface area contributed by atoms with E-state index >= 15 is 0 Å². The van der Waals surface area contributed by atoms with E-state index in [0.29, 0.717) is 5.69 Å². The summed E-state index contributed by atoms with van der Waals surface area (Å²) in [6.45, 7) is 0. The number of hydrogen-bond acceptors (Lipinski definition) is 3. The average Bonchev–Trinajstić information content (AvgIpc) is 3.16. The summed E-state index contributed by atoms with van der Waals surface area (Å²) < 4.78 is 14.1. The Hall–Kier alpha value is -1.36. The smallest absolute Gasteiger partial charge is 0.164 e. The molecule has 0 amide bonds. The minimum atomic E-state index is -0.396. The van der Waals surface area contributed by atoms with Gasteiger partial charge in [0.2, 0.25) is 0 Å². The number of hydrogen-bond donors (Lipinski definition) is 1. The van der Waals surface area contributed by atoms with Gasteiger partial charge in [-0.3, -0.25) is 0 Å². The van der Waals surface area contributed by atoms with Crippen molar-refractivity contribution in [2.75, 3.05) is 5.32 Å². The van der Waals surface area contributed by atoms with Crippen molar-refractivity contribution in [1.82, 2.24) is 0 Å². The molecule has 1 aromatic carbocycles. The Labute approximate surface area is 136 Å². The maximum Gasteiger partial charge on any atom is 0.164 e. The van der Waals surface area contributed by atoms with Crippen LogP contribution in [-0.2, 0) is 6.42 Å². The van der Waals surface area contributed by atoms with Gasteiger partial charge >= 0.3 is 0 Å². The van der Waals surface area contributed by atoms with Crippen LogP contribution in [0.4, 0.5) is 10.1 Å². The van der Waals surface area contributed by atoms with E-state index in [2.05, 4.69) is 22.8 Å². The van der Waals surface area contributed by atoms with Gasteiger partial charge in [0.05, 0.1) is 16.8 Å². The Kier molecular flexibility index (Phi) is 4.58. The second-order valence-corrected chi connectivity index (χ2v) is 7.02. The minimum absolute atomic E-state index is 0.0385.